The highest BCUT2D eigenvalue weighted by Crippen LogP contribution is 2.31. The van der Waals surface area contributed by atoms with Gasteiger partial charge in [-0.05, 0) is 43.4 Å². The van der Waals surface area contributed by atoms with Crippen LogP contribution in [0.3, 0.4) is 0 Å². The van der Waals surface area contributed by atoms with Crippen molar-refractivity contribution in [1.82, 2.24) is 0 Å². The van der Waals surface area contributed by atoms with E-state index < -0.39 is 0 Å². The molecule has 0 radical (unpaired) electrons. The van der Waals surface area contributed by atoms with Crippen molar-refractivity contribution in [2.75, 3.05) is 37.0 Å². The molecule has 2 aliphatic heterocycles. The summed E-state index contributed by atoms with van der Waals surface area (Å²) < 4.78 is 11.0. The molecule has 2 aliphatic rings. The highest BCUT2D eigenvalue weighted by atomic mass is 35.5. The zero-order valence-electron chi connectivity index (χ0n) is 12.6. The topological polar surface area (TPSA) is 64.8 Å². The fourth-order valence-corrected chi connectivity index (χ4v) is 3.02. The van der Waals surface area contributed by atoms with E-state index in [4.69, 9.17) is 15.2 Å². The summed E-state index contributed by atoms with van der Waals surface area (Å²) in [5.74, 6) is 0.0213. The van der Waals surface area contributed by atoms with Gasteiger partial charge in [0.15, 0.2) is 0 Å². The van der Waals surface area contributed by atoms with E-state index >= 15 is 0 Å². The van der Waals surface area contributed by atoms with Crippen LogP contribution in [-0.4, -0.2) is 38.4 Å². The zero-order chi connectivity index (χ0) is 14.7. The third kappa shape index (κ3) is 3.72. The summed E-state index contributed by atoms with van der Waals surface area (Å²) >= 11 is 0. The highest BCUT2D eigenvalue weighted by molar-refractivity contribution is 5.96. The summed E-state index contributed by atoms with van der Waals surface area (Å²) in [5, 5.41) is 0. The molecule has 1 fully saturated rings. The SMILES string of the molecule is Cl.Nc1cccc2c1CCCN2C(=O)COC1CCOCC1. The summed E-state index contributed by atoms with van der Waals surface area (Å²) in [6, 6.07) is 5.77. The molecule has 1 saturated heterocycles. The number of fused-ring (bicyclic) bond motifs is 1. The fourth-order valence-electron chi connectivity index (χ4n) is 3.02. The molecule has 0 aliphatic carbocycles. The smallest absolute Gasteiger partial charge is 0.252 e. The van der Waals surface area contributed by atoms with E-state index in [-0.39, 0.29) is 31.0 Å². The monoisotopic (exact) mass is 326 g/mol. The van der Waals surface area contributed by atoms with Crippen molar-refractivity contribution in [3.05, 3.63) is 23.8 Å². The molecule has 0 aromatic heterocycles. The molecule has 1 amide bonds. The van der Waals surface area contributed by atoms with Gasteiger partial charge >= 0.3 is 0 Å². The molecule has 1 aromatic rings. The minimum atomic E-state index is 0. The number of hydrogen-bond donors (Lipinski definition) is 1. The highest BCUT2D eigenvalue weighted by Gasteiger charge is 2.25. The van der Waals surface area contributed by atoms with Crippen LogP contribution in [0, 0.1) is 0 Å². The Hall–Kier alpha value is -1.30. The Morgan fingerprint density at radius 3 is 2.91 bits per heavy atom. The van der Waals surface area contributed by atoms with Crippen LogP contribution in [-0.2, 0) is 20.7 Å². The van der Waals surface area contributed by atoms with E-state index in [1.165, 1.54) is 0 Å². The minimum absolute atomic E-state index is 0. The van der Waals surface area contributed by atoms with Gasteiger partial charge in [-0.1, -0.05) is 6.07 Å². The number of amides is 1. The molecule has 122 valence electrons. The van der Waals surface area contributed by atoms with Gasteiger partial charge in [0.2, 0.25) is 0 Å². The number of hydrogen-bond acceptors (Lipinski definition) is 4. The first-order valence-corrected chi connectivity index (χ1v) is 7.63. The van der Waals surface area contributed by atoms with Crippen LogP contribution in [0.5, 0.6) is 0 Å². The van der Waals surface area contributed by atoms with E-state index in [0.717, 1.165) is 62.4 Å². The average Bonchev–Trinajstić information content (AvgIpc) is 2.53. The number of ether oxygens (including phenoxy) is 2. The Morgan fingerprint density at radius 2 is 2.14 bits per heavy atom. The third-order valence-electron chi connectivity index (χ3n) is 4.20. The van der Waals surface area contributed by atoms with Gasteiger partial charge in [-0.3, -0.25) is 4.79 Å². The second-order valence-corrected chi connectivity index (χ2v) is 5.62. The summed E-state index contributed by atoms with van der Waals surface area (Å²) in [6.07, 6.45) is 3.78. The molecule has 0 bridgehead atoms. The average molecular weight is 327 g/mol. The molecule has 3 rings (SSSR count). The van der Waals surface area contributed by atoms with Crippen molar-refractivity contribution < 1.29 is 14.3 Å². The Balaban J connectivity index is 0.00000176. The first kappa shape index (κ1) is 17.1. The fraction of sp³-hybridized carbons (Fsp3) is 0.562. The van der Waals surface area contributed by atoms with Gasteiger partial charge in [0, 0.05) is 31.1 Å². The zero-order valence-corrected chi connectivity index (χ0v) is 13.4. The number of nitrogen functional groups attached to an aromatic ring is 1. The van der Waals surface area contributed by atoms with Crippen LogP contribution < -0.4 is 10.6 Å². The number of rotatable bonds is 3. The van der Waals surface area contributed by atoms with Crippen LogP contribution in [0.4, 0.5) is 11.4 Å². The van der Waals surface area contributed by atoms with Crippen molar-refractivity contribution in [2.24, 2.45) is 0 Å². The lowest BCUT2D eigenvalue weighted by atomic mass is 10.00. The van der Waals surface area contributed by atoms with Crippen molar-refractivity contribution >= 4 is 29.7 Å². The van der Waals surface area contributed by atoms with E-state index in [1.54, 1.807) is 0 Å². The second kappa shape index (κ2) is 7.81. The first-order chi connectivity index (χ1) is 10.3. The predicted molar refractivity (Wildman–Crippen MR) is 88.6 cm³/mol. The number of carbonyl (C=O) groups excluding carboxylic acids is 1. The van der Waals surface area contributed by atoms with Gasteiger partial charge in [-0.25, -0.2) is 0 Å². The molecule has 0 unspecified atom stereocenters. The van der Waals surface area contributed by atoms with Crippen LogP contribution in [0.15, 0.2) is 18.2 Å². The van der Waals surface area contributed by atoms with E-state index in [2.05, 4.69) is 0 Å². The minimum Gasteiger partial charge on any atom is -0.398 e. The van der Waals surface area contributed by atoms with Gasteiger partial charge in [0.1, 0.15) is 6.61 Å². The maximum Gasteiger partial charge on any atom is 0.252 e. The molecular formula is C16H23ClN2O3. The Labute approximate surface area is 137 Å². The quantitative estimate of drug-likeness (QED) is 0.865. The summed E-state index contributed by atoms with van der Waals surface area (Å²) in [7, 11) is 0. The van der Waals surface area contributed by atoms with Gasteiger partial charge in [-0.15, -0.1) is 12.4 Å². The number of carbonyl (C=O) groups is 1. The lowest BCUT2D eigenvalue weighted by Gasteiger charge is -2.31. The normalized spacial score (nSPS) is 18.5. The Kier molecular flexibility index (Phi) is 6.06. The van der Waals surface area contributed by atoms with Gasteiger partial charge in [0.05, 0.1) is 6.10 Å². The van der Waals surface area contributed by atoms with Crippen LogP contribution >= 0.6 is 12.4 Å². The Bertz CT molecular complexity index is 518. The number of nitrogens with two attached hydrogens (primary N) is 1. The van der Waals surface area contributed by atoms with Crippen molar-refractivity contribution in [3.63, 3.8) is 0 Å². The van der Waals surface area contributed by atoms with Crippen LogP contribution in [0.2, 0.25) is 0 Å². The maximum atomic E-state index is 12.4. The van der Waals surface area contributed by atoms with Crippen molar-refractivity contribution in [2.45, 2.75) is 31.8 Å². The van der Waals surface area contributed by atoms with E-state index in [1.807, 2.05) is 23.1 Å². The second-order valence-electron chi connectivity index (χ2n) is 5.62. The number of benzene rings is 1. The van der Waals surface area contributed by atoms with Crippen LogP contribution in [0.1, 0.15) is 24.8 Å². The molecule has 22 heavy (non-hydrogen) atoms. The molecule has 0 atom stereocenters. The molecule has 5 nitrogen and oxygen atoms in total. The van der Waals surface area contributed by atoms with Gasteiger partial charge < -0.3 is 20.1 Å². The summed E-state index contributed by atoms with van der Waals surface area (Å²) in [6.45, 7) is 2.33. The molecule has 6 heteroatoms. The first-order valence-electron chi connectivity index (χ1n) is 7.63. The van der Waals surface area contributed by atoms with E-state index in [0.29, 0.717) is 0 Å². The molecule has 1 aromatic carbocycles. The maximum absolute atomic E-state index is 12.4. The standard InChI is InChI=1S/C16H22N2O3.ClH/c17-14-4-1-5-15-13(14)3-2-8-18(15)16(19)11-21-12-6-9-20-10-7-12;/h1,4-5,12H,2-3,6-11,17H2;1H. The third-order valence-corrected chi connectivity index (χ3v) is 4.20. The summed E-state index contributed by atoms with van der Waals surface area (Å²) in [5.41, 5.74) is 8.82. The lowest BCUT2D eigenvalue weighted by Crippen LogP contribution is -2.39. The number of anilines is 2. The summed E-state index contributed by atoms with van der Waals surface area (Å²) in [4.78, 5) is 14.3. The van der Waals surface area contributed by atoms with Crippen LogP contribution in [0.25, 0.3) is 0 Å². The molecular weight excluding hydrogens is 304 g/mol. The predicted octanol–water partition coefficient (Wildman–Crippen LogP) is 2.17. The number of nitrogens with zero attached hydrogens (tertiary/aromatic N) is 1. The Morgan fingerprint density at radius 1 is 1.36 bits per heavy atom. The molecule has 2 N–H and O–H groups in total. The molecule has 0 saturated carbocycles. The van der Waals surface area contributed by atoms with Gasteiger partial charge in [-0.2, -0.15) is 0 Å². The van der Waals surface area contributed by atoms with E-state index in [9.17, 15) is 4.79 Å². The van der Waals surface area contributed by atoms with Crippen molar-refractivity contribution in [1.29, 1.82) is 0 Å². The number of halogens is 1. The molecule has 2 heterocycles. The van der Waals surface area contributed by atoms with Gasteiger partial charge in [0.25, 0.3) is 5.91 Å². The van der Waals surface area contributed by atoms with Crippen molar-refractivity contribution in [3.8, 4) is 0 Å². The largest absolute Gasteiger partial charge is 0.398 e. The molecule has 0 spiro atoms. The lowest BCUT2D eigenvalue weighted by molar-refractivity contribution is -0.127.